The molecule has 2 aliphatic heterocycles. The second-order valence-corrected chi connectivity index (χ2v) is 4.53. The van der Waals surface area contributed by atoms with Crippen LogP contribution in [0.15, 0.2) is 0 Å². The highest BCUT2D eigenvalue weighted by Crippen LogP contribution is 2.32. The van der Waals surface area contributed by atoms with Crippen LogP contribution in [0.1, 0.15) is 0 Å². The number of hydrogen-bond donors (Lipinski definition) is 3. The van der Waals surface area contributed by atoms with E-state index >= 15 is 0 Å². The van der Waals surface area contributed by atoms with Crippen LogP contribution in [0.5, 0.6) is 0 Å². The number of thioether (sulfide) groups is 1. The summed E-state index contributed by atoms with van der Waals surface area (Å²) in [5, 5.41) is 28.2. The summed E-state index contributed by atoms with van der Waals surface area (Å²) >= 11 is 1.64. The summed E-state index contributed by atoms with van der Waals surface area (Å²) in [4.78, 5) is 2.02. The molecule has 0 aliphatic carbocycles. The van der Waals surface area contributed by atoms with Gasteiger partial charge in [-0.15, -0.1) is 11.8 Å². The van der Waals surface area contributed by atoms with Gasteiger partial charge in [0.25, 0.3) is 0 Å². The van der Waals surface area contributed by atoms with E-state index in [2.05, 4.69) is 0 Å². The van der Waals surface area contributed by atoms with Crippen molar-refractivity contribution < 1.29 is 15.3 Å². The van der Waals surface area contributed by atoms with Gasteiger partial charge in [0, 0.05) is 18.8 Å². The Bertz CT molecular complexity index is 180. The second kappa shape index (κ2) is 3.16. The van der Waals surface area contributed by atoms with Crippen molar-refractivity contribution in [3.05, 3.63) is 0 Å². The zero-order chi connectivity index (χ0) is 8.72. The van der Waals surface area contributed by atoms with Gasteiger partial charge in [0.1, 0.15) is 12.2 Å². The average Bonchev–Trinajstić information content (AvgIpc) is 2.48. The Labute approximate surface area is 75.2 Å². The van der Waals surface area contributed by atoms with Crippen molar-refractivity contribution in [3.63, 3.8) is 0 Å². The molecule has 12 heavy (non-hydrogen) atoms. The Kier molecular flexibility index (Phi) is 2.31. The first-order chi connectivity index (χ1) is 5.70. The Morgan fingerprint density at radius 2 is 1.92 bits per heavy atom. The topological polar surface area (TPSA) is 63.9 Å². The zero-order valence-corrected chi connectivity index (χ0v) is 7.44. The summed E-state index contributed by atoms with van der Waals surface area (Å²) in [5.74, 6) is 0.973. The van der Waals surface area contributed by atoms with Gasteiger partial charge in [-0.3, -0.25) is 4.90 Å². The third-order valence-electron chi connectivity index (χ3n) is 2.48. The fourth-order valence-corrected chi connectivity index (χ4v) is 3.12. The Hall–Kier alpha value is 0.190. The van der Waals surface area contributed by atoms with Gasteiger partial charge in [0.15, 0.2) is 0 Å². The third kappa shape index (κ3) is 1.25. The van der Waals surface area contributed by atoms with E-state index in [0.717, 1.165) is 12.3 Å². The van der Waals surface area contributed by atoms with Gasteiger partial charge < -0.3 is 15.3 Å². The third-order valence-corrected chi connectivity index (χ3v) is 3.82. The molecular weight excluding hydrogens is 178 g/mol. The van der Waals surface area contributed by atoms with Gasteiger partial charge >= 0.3 is 0 Å². The lowest BCUT2D eigenvalue weighted by molar-refractivity contribution is -0.114. The molecule has 0 aromatic carbocycles. The minimum absolute atomic E-state index is 0.0107. The smallest absolute Gasteiger partial charge is 0.109 e. The highest BCUT2D eigenvalue weighted by molar-refractivity contribution is 8.00. The number of piperidine rings is 1. The van der Waals surface area contributed by atoms with E-state index in [9.17, 15) is 15.3 Å². The van der Waals surface area contributed by atoms with Crippen molar-refractivity contribution in [2.75, 3.05) is 18.8 Å². The fourth-order valence-electron chi connectivity index (χ4n) is 1.78. The van der Waals surface area contributed by atoms with Crippen LogP contribution in [0.4, 0.5) is 0 Å². The van der Waals surface area contributed by atoms with Crippen molar-refractivity contribution in [3.8, 4) is 0 Å². The number of aliphatic hydroxyl groups is 3. The maximum Gasteiger partial charge on any atom is 0.109 e. The summed E-state index contributed by atoms with van der Waals surface area (Å²) in [5.41, 5.74) is 0. The summed E-state index contributed by atoms with van der Waals surface area (Å²) in [7, 11) is 0. The quantitative estimate of drug-likeness (QED) is 0.433. The standard InChI is InChI=1S/C7H13NO3S/c9-4-3-8-1-2-12-7(8)6(11)5(4)10/h4-7,9-11H,1-3H2/t4-,5-,6-,7+/m1/s1. The van der Waals surface area contributed by atoms with Crippen LogP contribution in [-0.4, -0.2) is 62.7 Å². The summed E-state index contributed by atoms with van der Waals surface area (Å²) in [6, 6.07) is 0. The summed E-state index contributed by atoms with van der Waals surface area (Å²) < 4.78 is 0. The predicted molar refractivity (Wildman–Crippen MR) is 45.8 cm³/mol. The molecule has 2 aliphatic rings. The molecular formula is C7H13NO3S. The van der Waals surface area contributed by atoms with Crippen LogP contribution in [0, 0.1) is 0 Å². The van der Waals surface area contributed by atoms with Crippen LogP contribution in [-0.2, 0) is 0 Å². The van der Waals surface area contributed by atoms with E-state index in [-0.39, 0.29) is 5.37 Å². The molecule has 2 heterocycles. The number of nitrogens with zero attached hydrogens (tertiary/aromatic N) is 1. The normalized spacial score (nSPS) is 49.2. The predicted octanol–water partition coefficient (Wildman–Crippen LogP) is -1.54. The Morgan fingerprint density at radius 1 is 1.17 bits per heavy atom. The molecule has 4 nitrogen and oxygen atoms in total. The molecule has 0 bridgehead atoms. The fraction of sp³-hybridized carbons (Fsp3) is 1.00. The molecule has 0 amide bonds. The number of fused-ring (bicyclic) bond motifs is 1. The first-order valence-corrected chi connectivity index (χ1v) is 5.15. The summed E-state index contributed by atoms with van der Waals surface area (Å²) in [6.45, 7) is 1.38. The molecule has 0 aromatic heterocycles. The van der Waals surface area contributed by atoms with Crippen LogP contribution >= 0.6 is 11.8 Å². The van der Waals surface area contributed by atoms with E-state index in [1.807, 2.05) is 4.90 Å². The number of hydrogen-bond acceptors (Lipinski definition) is 5. The van der Waals surface area contributed by atoms with E-state index in [0.29, 0.717) is 6.54 Å². The van der Waals surface area contributed by atoms with Gasteiger partial charge in [-0.2, -0.15) is 0 Å². The average molecular weight is 191 g/mol. The SMILES string of the molecule is O[C@@H]1[C@H](O)[C@H](O)CN2CCS[C@@H]12. The van der Waals surface area contributed by atoms with Crippen LogP contribution < -0.4 is 0 Å². The highest BCUT2D eigenvalue weighted by Gasteiger charge is 2.43. The minimum Gasteiger partial charge on any atom is -0.389 e. The molecule has 2 rings (SSSR count). The monoisotopic (exact) mass is 191 g/mol. The van der Waals surface area contributed by atoms with E-state index < -0.39 is 18.3 Å². The number of aliphatic hydroxyl groups excluding tert-OH is 3. The van der Waals surface area contributed by atoms with Crippen molar-refractivity contribution in [1.29, 1.82) is 0 Å². The maximum atomic E-state index is 9.55. The molecule has 0 radical (unpaired) electrons. The van der Waals surface area contributed by atoms with Crippen LogP contribution in [0.25, 0.3) is 0 Å². The van der Waals surface area contributed by atoms with Gasteiger partial charge in [0.2, 0.25) is 0 Å². The molecule has 0 unspecified atom stereocenters. The lowest BCUT2D eigenvalue weighted by Gasteiger charge is -2.39. The van der Waals surface area contributed by atoms with Gasteiger partial charge in [-0.25, -0.2) is 0 Å². The first kappa shape index (κ1) is 8.77. The molecule has 2 saturated heterocycles. The molecule has 0 aromatic rings. The van der Waals surface area contributed by atoms with Gasteiger partial charge in [-0.1, -0.05) is 0 Å². The van der Waals surface area contributed by atoms with E-state index in [1.54, 1.807) is 11.8 Å². The Balaban J connectivity index is 2.10. The lowest BCUT2D eigenvalue weighted by atomic mass is 10.0. The van der Waals surface area contributed by atoms with Crippen LogP contribution in [0.3, 0.4) is 0 Å². The molecule has 5 heteroatoms. The van der Waals surface area contributed by atoms with Gasteiger partial charge in [-0.05, 0) is 0 Å². The lowest BCUT2D eigenvalue weighted by Crippen LogP contribution is -2.58. The molecule has 4 atom stereocenters. The number of rotatable bonds is 0. The minimum atomic E-state index is -0.975. The van der Waals surface area contributed by atoms with Crippen molar-refractivity contribution in [2.45, 2.75) is 23.7 Å². The van der Waals surface area contributed by atoms with Gasteiger partial charge in [0.05, 0.1) is 11.5 Å². The molecule has 70 valence electrons. The molecule has 0 saturated carbocycles. The highest BCUT2D eigenvalue weighted by atomic mass is 32.2. The van der Waals surface area contributed by atoms with E-state index in [4.69, 9.17) is 0 Å². The molecule has 2 fully saturated rings. The first-order valence-electron chi connectivity index (χ1n) is 4.10. The second-order valence-electron chi connectivity index (χ2n) is 3.30. The van der Waals surface area contributed by atoms with Crippen molar-refractivity contribution in [1.82, 2.24) is 4.90 Å². The Morgan fingerprint density at radius 3 is 2.67 bits per heavy atom. The molecule has 0 spiro atoms. The zero-order valence-electron chi connectivity index (χ0n) is 6.63. The van der Waals surface area contributed by atoms with Crippen LogP contribution in [0.2, 0.25) is 0 Å². The van der Waals surface area contributed by atoms with E-state index in [1.165, 1.54) is 0 Å². The molecule has 3 N–H and O–H groups in total. The van der Waals surface area contributed by atoms with Crippen molar-refractivity contribution >= 4 is 11.8 Å². The summed E-state index contributed by atoms with van der Waals surface area (Å²) in [6.07, 6.45) is -2.58. The maximum absolute atomic E-state index is 9.55. The van der Waals surface area contributed by atoms with Crippen molar-refractivity contribution in [2.24, 2.45) is 0 Å². The largest absolute Gasteiger partial charge is 0.389 e.